The smallest absolute Gasteiger partial charge is 0.165 e. The zero-order chi connectivity index (χ0) is 25.4. The minimum absolute atomic E-state index is 0.0632. The number of hydrogen-bond donors (Lipinski definition) is 2. The summed E-state index contributed by atoms with van der Waals surface area (Å²) in [6, 6.07) is 3.65. The molecule has 0 aromatic heterocycles. The Morgan fingerprint density at radius 3 is 2.73 bits per heavy atom. The molecular weight excluding hydrogens is 414 g/mol. The predicted octanol–water partition coefficient (Wildman–Crippen LogP) is 4.19. The third-order valence-corrected chi connectivity index (χ3v) is 10.8. The summed E-state index contributed by atoms with van der Waals surface area (Å²) in [6.07, 6.45) is 4.84. The van der Waals surface area contributed by atoms with Gasteiger partial charge in [-0.1, -0.05) is 32.9 Å². The van der Waals surface area contributed by atoms with Crippen LogP contribution in [0.1, 0.15) is 67.2 Å². The van der Waals surface area contributed by atoms with Crippen LogP contribution in [0.5, 0.6) is 11.5 Å². The van der Waals surface area contributed by atoms with Crippen molar-refractivity contribution >= 4 is 0 Å². The van der Waals surface area contributed by atoms with Gasteiger partial charge in [-0.15, -0.1) is 6.58 Å². The lowest BCUT2D eigenvalue weighted by molar-refractivity contribution is -0.312. The molecule has 1 unspecified atom stereocenters. The summed E-state index contributed by atoms with van der Waals surface area (Å²) in [5.74, 6) is 0.534. The highest BCUT2D eigenvalue weighted by Gasteiger charge is 2.82. The largest absolute Gasteiger partial charge is 0.504 e. The van der Waals surface area contributed by atoms with Gasteiger partial charge in [-0.2, -0.15) is 0 Å². The molecule has 2 N–H and O–H groups in total. The third-order valence-electron chi connectivity index (χ3n) is 10.8. The number of phenolic OH excluding ortho intramolecular Hbond substituents is 1. The van der Waals surface area contributed by atoms with Crippen LogP contribution in [0.3, 0.4) is 0 Å². The van der Waals surface area contributed by atoms with Gasteiger partial charge in [0, 0.05) is 44.7 Å². The van der Waals surface area contributed by atoms with E-state index >= 15 is 0 Å². The minimum atomic E-state index is -1.64. The second-order valence-corrected chi connectivity index (χ2v) is 12.4. The van der Waals surface area contributed by atoms with Crippen molar-refractivity contribution in [3.63, 3.8) is 0 Å². The van der Waals surface area contributed by atoms with Gasteiger partial charge in [-0.05, 0) is 62.6 Å². The molecule has 2 aliphatic heterocycles. The molecule has 7 atom stereocenters. The van der Waals surface area contributed by atoms with Crippen molar-refractivity contribution in [3.8, 4) is 11.5 Å². The second kappa shape index (κ2) is 6.35. The quantitative estimate of drug-likeness (QED) is 0.667. The molecule has 0 radical (unpaired) electrons. The van der Waals surface area contributed by atoms with E-state index in [4.69, 9.17) is 12.2 Å². The first kappa shape index (κ1) is 19.7. The fraction of sp³-hybridized carbons (Fsp3) is 0.714. The fourth-order valence-corrected chi connectivity index (χ4v) is 8.91. The van der Waals surface area contributed by atoms with E-state index in [0.29, 0.717) is 18.7 Å². The van der Waals surface area contributed by atoms with Gasteiger partial charge in [0.15, 0.2) is 11.5 Å². The average molecular weight is 456 g/mol. The van der Waals surface area contributed by atoms with E-state index in [1.807, 2.05) is 17.9 Å². The number of benzene rings is 1. The maximum absolute atomic E-state index is 12.2. The van der Waals surface area contributed by atoms with Crippen molar-refractivity contribution in [2.45, 2.75) is 88.6 Å². The Balaban J connectivity index is 1.65. The lowest BCUT2D eigenvalue weighted by Gasteiger charge is -2.75. The number of piperidine rings is 1. The average Bonchev–Trinajstić information content (AvgIpc) is 3.16. The van der Waals surface area contributed by atoms with Crippen LogP contribution in [0.4, 0.5) is 0 Å². The first-order valence-electron chi connectivity index (χ1n) is 13.4. The van der Waals surface area contributed by atoms with Gasteiger partial charge in [0.05, 0.1) is 5.60 Å². The number of methoxy groups -OCH3 is 1. The summed E-state index contributed by atoms with van der Waals surface area (Å²) in [5.41, 5.74) is -0.587. The third kappa shape index (κ3) is 2.21. The molecule has 4 fully saturated rings. The van der Waals surface area contributed by atoms with Crippen molar-refractivity contribution in [1.82, 2.24) is 4.90 Å². The van der Waals surface area contributed by atoms with Crippen molar-refractivity contribution < 1.29 is 22.4 Å². The van der Waals surface area contributed by atoms with Crippen molar-refractivity contribution in [2.75, 3.05) is 20.2 Å². The highest BCUT2D eigenvalue weighted by Crippen LogP contribution is 2.77. The molecule has 33 heavy (non-hydrogen) atoms. The Morgan fingerprint density at radius 2 is 2.06 bits per heavy atom. The number of aliphatic hydroxyl groups is 1. The Bertz CT molecular complexity index is 1110. The standard InChI is InChI=1S/C28H39NO4/c1-7-13-29-14-12-27-21-17-8-9-18(30)22(21)33-23(27)28(32-6)11-10-26(27,20(29)15-17)16-19(28)25(5,31)24(2,3)4/h7-9,19-20,23,30-31H,1,10-16H2,2-6H3/t19-,20-,23-,25?,26-,27+,28-/m1/s1/i13D2. The van der Waals surface area contributed by atoms with Gasteiger partial charge < -0.3 is 19.7 Å². The highest BCUT2D eigenvalue weighted by atomic mass is 16.6. The summed E-state index contributed by atoms with van der Waals surface area (Å²) < 4.78 is 30.9. The predicted molar refractivity (Wildman–Crippen MR) is 128 cm³/mol. The summed E-state index contributed by atoms with van der Waals surface area (Å²) in [7, 11) is 1.75. The molecular formula is C28H39NO4. The lowest BCUT2D eigenvalue weighted by Crippen LogP contribution is -2.83. The molecule has 4 aliphatic carbocycles. The number of aromatic hydroxyl groups is 1. The van der Waals surface area contributed by atoms with Crippen LogP contribution in [0.15, 0.2) is 24.8 Å². The molecule has 1 aromatic carbocycles. The number of phenols is 1. The first-order chi connectivity index (χ1) is 16.2. The van der Waals surface area contributed by atoms with Gasteiger partial charge in [-0.25, -0.2) is 0 Å². The van der Waals surface area contributed by atoms with E-state index in [-0.39, 0.29) is 34.6 Å². The van der Waals surface area contributed by atoms with Gasteiger partial charge in [0.2, 0.25) is 0 Å². The van der Waals surface area contributed by atoms with Gasteiger partial charge >= 0.3 is 0 Å². The van der Waals surface area contributed by atoms with E-state index in [0.717, 1.165) is 36.8 Å². The van der Waals surface area contributed by atoms with Crippen LogP contribution < -0.4 is 4.74 Å². The van der Waals surface area contributed by atoms with E-state index in [1.54, 1.807) is 13.2 Å². The number of nitrogens with zero attached hydrogens (tertiary/aromatic N) is 1. The summed E-state index contributed by atoms with van der Waals surface area (Å²) >= 11 is 0. The lowest BCUT2D eigenvalue weighted by atomic mass is 9.33. The molecule has 180 valence electrons. The number of rotatable bonds is 4. The van der Waals surface area contributed by atoms with Crippen LogP contribution in [0.25, 0.3) is 0 Å². The van der Waals surface area contributed by atoms with Gasteiger partial charge in [0.1, 0.15) is 11.7 Å². The van der Waals surface area contributed by atoms with Crippen LogP contribution in [-0.2, 0) is 16.6 Å². The Kier molecular flexibility index (Phi) is 3.80. The van der Waals surface area contributed by atoms with Crippen molar-refractivity contribution in [2.24, 2.45) is 16.7 Å². The van der Waals surface area contributed by atoms with E-state index < -0.39 is 23.1 Å². The Hall–Kier alpha value is -1.56. The number of fused-ring (bicyclic) bond motifs is 2. The van der Waals surface area contributed by atoms with Crippen LogP contribution in [0, 0.1) is 16.7 Å². The number of ether oxygens (including phenoxy) is 2. The van der Waals surface area contributed by atoms with Crippen LogP contribution >= 0.6 is 0 Å². The van der Waals surface area contributed by atoms with Crippen molar-refractivity contribution in [1.29, 1.82) is 0 Å². The van der Waals surface area contributed by atoms with Gasteiger partial charge in [-0.3, -0.25) is 4.90 Å². The monoisotopic (exact) mass is 455 g/mol. The molecule has 5 nitrogen and oxygen atoms in total. The van der Waals surface area contributed by atoms with E-state index in [1.165, 1.54) is 6.08 Å². The molecule has 6 aliphatic rings. The highest BCUT2D eigenvalue weighted by molar-refractivity contribution is 5.63. The SMILES string of the molecule is [2H]C([2H])(C=C)N1CC[C@]23c4c5ccc(O)c4O[C@H]2[C@@]2(OC)CC[C@@]3(C[C@@H]2C(C)(O)C(C)(C)C)[C@H]1C5. The van der Waals surface area contributed by atoms with E-state index in [2.05, 4.69) is 27.4 Å². The molecule has 4 bridgehead atoms. The minimum Gasteiger partial charge on any atom is -0.504 e. The number of likely N-dealkylation sites (tertiary alicyclic amines) is 1. The number of hydrogen-bond acceptors (Lipinski definition) is 5. The maximum atomic E-state index is 12.2. The Morgan fingerprint density at radius 1 is 1.30 bits per heavy atom. The summed E-state index contributed by atoms with van der Waals surface area (Å²) in [4.78, 5) is 2.02. The molecule has 5 heteroatoms. The zero-order valence-electron chi connectivity index (χ0n) is 22.6. The first-order valence-corrected chi connectivity index (χ1v) is 12.4. The molecule has 3 saturated carbocycles. The van der Waals surface area contributed by atoms with Crippen LogP contribution in [-0.4, -0.2) is 58.6 Å². The summed E-state index contributed by atoms with van der Waals surface area (Å²) in [6.45, 7) is 10.9. The fourth-order valence-electron chi connectivity index (χ4n) is 8.91. The molecule has 2 heterocycles. The molecule has 7 rings (SSSR count). The molecule has 0 amide bonds. The van der Waals surface area contributed by atoms with E-state index in [9.17, 15) is 10.2 Å². The topological polar surface area (TPSA) is 62.2 Å². The Labute approximate surface area is 200 Å². The molecule has 1 aromatic rings. The van der Waals surface area contributed by atoms with Crippen molar-refractivity contribution in [3.05, 3.63) is 35.9 Å². The second-order valence-electron chi connectivity index (χ2n) is 12.4. The zero-order valence-corrected chi connectivity index (χ0v) is 20.6. The molecule has 1 saturated heterocycles. The maximum Gasteiger partial charge on any atom is 0.165 e. The molecule has 2 spiro atoms. The normalized spacial score (nSPS) is 43.8. The van der Waals surface area contributed by atoms with Gasteiger partial charge in [0.25, 0.3) is 0 Å². The summed E-state index contributed by atoms with van der Waals surface area (Å²) in [5, 5.41) is 23.1. The van der Waals surface area contributed by atoms with Crippen LogP contribution in [0.2, 0.25) is 0 Å².